The summed E-state index contributed by atoms with van der Waals surface area (Å²) in [6, 6.07) is 9.19. The number of para-hydroxylation sites is 1. The van der Waals surface area contributed by atoms with Crippen molar-refractivity contribution in [3.63, 3.8) is 0 Å². The normalized spacial score (nSPS) is 10.9. The first-order valence-corrected chi connectivity index (χ1v) is 7.76. The van der Waals surface area contributed by atoms with Crippen molar-refractivity contribution >= 4 is 22.4 Å². The van der Waals surface area contributed by atoms with Crippen molar-refractivity contribution in [1.29, 1.82) is 0 Å². The molecule has 8 nitrogen and oxygen atoms in total. The fourth-order valence-electron chi connectivity index (χ4n) is 2.38. The highest BCUT2D eigenvalue weighted by Gasteiger charge is 2.26. The minimum atomic E-state index is -0.552. The monoisotopic (exact) mass is 339 g/mol. The molecule has 0 spiro atoms. The topological polar surface area (TPSA) is 103 Å². The summed E-state index contributed by atoms with van der Waals surface area (Å²) >= 11 is 0. The van der Waals surface area contributed by atoms with Gasteiger partial charge in [-0.2, -0.15) is 4.98 Å². The Morgan fingerprint density at radius 3 is 2.72 bits per heavy atom. The maximum Gasteiger partial charge on any atom is 0.373 e. The molecule has 2 heterocycles. The van der Waals surface area contributed by atoms with Gasteiger partial charge in [0, 0.05) is 17.1 Å². The molecule has 0 saturated heterocycles. The lowest BCUT2D eigenvalue weighted by molar-refractivity contribution is -0.385. The maximum atomic E-state index is 11.5. The van der Waals surface area contributed by atoms with Gasteiger partial charge >= 0.3 is 11.6 Å². The molecule has 0 amide bonds. The first-order valence-electron chi connectivity index (χ1n) is 7.76. The van der Waals surface area contributed by atoms with E-state index in [1.807, 2.05) is 39.0 Å². The number of ether oxygens (including phenoxy) is 1. The van der Waals surface area contributed by atoms with Crippen LogP contribution in [-0.4, -0.2) is 25.9 Å². The van der Waals surface area contributed by atoms with E-state index in [9.17, 15) is 10.1 Å². The van der Waals surface area contributed by atoms with E-state index in [0.717, 1.165) is 11.1 Å². The molecule has 0 aliphatic rings. The molecule has 1 aromatic carbocycles. The minimum absolute atomic E-state index is 0.0247. The van der Waals surface area contributed by atoms with E-state index >= 15 is 0 Å². The molecule has 8 heteroatoms. The largest absolute Gasteiger partial charge is 0.431 e. The number of aryl methyl sites for hydroxylation is 1. The van der Waals surface area contributed by atoms with Crippen LogP contribution in [0.5, 0.6) is 11.6 Å². The molecule has 3 aromatic rings. The zero-order valence-corrected chi connectivity index (χ0v) is 14.1. The predicted molar refractivity (Wildman–Crippen MR) is 94.0 cm³/mol. The van der Waals surface area contributed by atoms with Crippen molar-refractivity contribution in [2.24, 2.45) is 0 Å². The third-order valence-electron chi connectivity index (χ3n) is 3.43. The highest BCUT2D eigenvalue weighted by atomic mass is 16.6. The highest BCUT2D eigenvalue weighted by molar-refractivity contribution is 5.85. The zero-order valence-electron chi connectivity index (χ0n) is 14.1. The maximum absolute atomic E-state index is 11.5. The van der Waals surface area contributed by atoms with Crippen molar-refractivity contribution in [2.45, 2.75) is 26.8 Å². The van der Waals surface area contributed by atoms with Gasteiger partial charge in [-0.1, -0.05) is 18.2 Å². The molecule has 0 radical (unpaired) electrons. The molecule has 1 N–H and O–H groups in total. The van der Waals surface area contributed by atoms with Gasteiger partial charge < -0.3 is 10.1 Å². The summed E-state index contributed by atoms with van der Waals surface area (Å²) in [7, 11) is 0. The predicted octanol–water partition coefficient (Wildman–Crippen LogP) is 3.85. The summed E-state index contributed by atoms with van der Waals surface area (Å²) < 4.78 is 5.77. The summed E-state index contributed by atoms with van der Waals surface area (Å²) in [5.41, 5.74) is 1.14. The molecule has 2 aromatic heterocycles. The van der Waals surface area contributed by atoms with E-state index in [-0.39, 0.29) is 23.4 Å². The van der Waals surface area contributed by atoms with Crippen LogP contribution in [0.1, 0.15) is 19.5 Å². The van der Waals surface area contributed by atoms with Crippen LogP contribution in [0.25, 0.3) is 10.9 Å². The quantitative estimate of drug-likeness (QED) is 0.556. The lowest BCUT2D eigenvalue weighted by atomic mass is 10.2. The van der Waals surface area contributed by atoms with Crippen LogP contribution < -0.4 is 10.1 Å². The molecule has 0 aliphatic carbocycles. The molecule has 0 unspecified atom stereocenters. The molecular formula is C17H17N5O3. The van der Waals surface area contributed by atoms with Crippen LogP contribution in [0.15, 0.2) is 36.7 Å². The summed E-state index contributed by atoms with van der Waals surface area (Å²) in [6.07, 6.45) is 1.23. The average Bonchev–Trinajstić information content (AvgIpc) is 2.54. The summed E-state index contributed by atoms with van der Waals surface area (Å²) in [5, 5.41) is 15.3. The van der Waals surface area contributed by atoms with Crippen LogP contribution >= 0.6 is 0 Å². The molecule has 0 aliphatic heterocycles. The van der Waals surface area contributed by atoms with E-state index in [2.05, 4.69) is 20.3 Å². The van der Waals surface area contributed by atoms with E-state index in [4.69, 9.17) is 4.74 Å². The van der Waals surface area contributed by atoms with Crippen molar-refractivity contribution in [3.05, 3.63) is 52.5 Å². The molecule has 0 fully saturated rings. The van der Waals surface area contributed by atoms with Gasteiger partial charge in [0.15, 0.2) is 5.75 Å². The summed E-state index contributed by atoms with van der Waals surface area (Å²) in [5.74, 6) is 0.395. The Bertz CT molecular complexity index is 943. The fourth-order valence-corrected chi connectivity index (χ4v) is 2.38. The van der Waals surface area contributed by atoms with E-state index < -0.39 is 4.92 Å². The van der Waals surface area contributed by atoms with Crippen LogP contribution in [-0.2, 0) is 0 Å². The molecule has 3 rings (SSSR count). The minimum Gasteiger partial charge on any atom is -0.431 e. The summed E-state index contributed by atoms with van der Waals surface area (Å²) in [6.45, 7) is 5.60. The smallest absolute Gasteiger partial charge is 0.373 e. The number of nitrogens with one attached hydrogen (secondary N) is 1. The Balaban J connectivity index is 2.09. The van der Waals surface area contributed by atoms with Gasteiger partial charge in [0.1, 0.15) is 11.8 Å². The zero-order chi connectivity index (χ0) is 18.0. The van der Waals surface area contributed by atoms with Gasteiger partial charge in [-0.25, -0.2) is 9.97 Å². The molecule has 0 atom stereocenters. The Morgan fingerprint density at radius 1 is 1.20 bits per heavy atom. The number of fused-ring (bicyclic) bond motifs is 1. The standard InChI is InChI=1S/C17H17N5O3/c1-10(2)20-16-15(22(23)24)17(19-9-18-16)25-13-6-4-5-12-8-7-11(3)21-14(12)13/h4-10H,1-3H3,(H,18,19,20). The number of hydrogen-bond donors (Lipinski definition) is 1. The first-order chi connectivity index (χ1) is 12.0. The third kappa shape index (κ3) is 3.47. The molecule has 128 valence electrons. The number of aromatic nitrogens is 3. The van der Waals surface area contributed by atoms with Crippen LogP contribution in [0.3, 0.4) is 0 Å². The van der Waals surface area contributed by atoms with Gasteiger partial charge in [0.25, 0.3) is 0 Å². The number of anilines is 1. The number of pyridine rings is 1. The Kier molecular flexibility index (Phi) is 4.42. The molecule has 0 bridgehead atoms. The van der Waals surface area contributed by atoms with Crippen molar-refractivity contribution in [3.8, 4) is 11.6 Å². The fraction of sp³-hybridized carbons (Fsp3) is 0.235. The lowest BCUT2D eigenvalue weighted by Crippen LogP contribution is -2.13. The van der Waals surface area contributed by atoms with E-state index in [1.54, 1.807) is 12.1 Å². The highest BCUT2D eigenvalue weighted by Crippen LogP contribution is 2.36. The number of nitrogens with zero attached hydrogens (tertiary/aromatic N) is 4. The van der Waals surface area contributed by atoms with Gasteiger partial charge in [-0.15, -0.1) is 0 Å². The molecule has 0 saturated carbocycles. The second-order valence-electron chi connectivity index (χ2n) is 5.81. The number of nitro groups is 1. The average molecular weight is 339 g/mol. The van der Waals surface area contributed by atoms with Crippen molar-refractivity contribution < 1.29 is 9.66 Å². The number of rotatable bonds is 5. The number of benzene rings is 1. The Hall–Kier alpha value is -3.29. The Morgan fingerprint density at radius 2 is 2.00 bits per heavy atom. The lowest BCUT2D eigenvalue weighted by Gasteiger charge is -2.12. The van der Waals surface area contributed by atoms with Gasteiger partial charge in [0.2, 0.25) is 5.82 Å². The second-order valence-corrected chi connectivity index (χ2v) is 5.81. The van der Waals surface area contributed by atoms with Crippen LogP contribution in [0.2, 0.25) is 0 Å². The van der Waals surface area contributed by atoms with Crippen molar-refractivity contribution in [1.82, 2.24) is 15.0 Å². The van der Waals surface area contributed by atoms with Gasteiger partial charge in [-0.05, 0) is 32.9 Å². The SMILES string of the molecule is Cc1ccc2cccc(Oc3ncnc(NC(C)C)c3[N+](=O)[O-])c2n1. The Labute approximate surface area is 144 Å². The van der Waals surface area contributed by atoms with E-state index in [1.165, 1.54) is 6.33 Å². The first kappa shape index (κ1) is 16.6. The van der Waals surface area contributed by atoms with Gasteiger partial charge in [-0.3, -0.25) is 10.1 Å². The summed E-state index contributed by atoms with van der Waals surface area (Å²) in [4.78, 5) is 23.3. The molecule has 25 heavy (non-hydrogen) atoms. The van der Waals surface area contributed by atoms with Crippen LogP contribution in [0, 0.1) is 17.0 Å². The van der Waals surface area contributed by atoms with E-state index in [0.29, 0.717) is 11.3 Å². The third-order valence-corrected chi connectivity index (χ3v) is 3.43. The molecular weight excluding hydrogens is 322 g/mol. The van der Waals surface area contributed by atoms with Crippen LogP contribution in [0.4, 0.5) is 11.5 Å². The number of hydrogen-bond acceptors (Lipinski definition) is 7. The van der Waals surface area contributed by atoms with Gasteiger partial charge in [0.05, 0.1) is 4.92 Å². The van der Waals surface area contributed by atoms with Crippen molar-refractivity contribution in [2.75, 3.05) is 5.32 Å². The second kappa shape index (κ2) is 6.68.